The molecule has 0 aliphatic carbocycles. The Labute approximate surface area is 235 Å². The summed E-state index contributed by atoms with van der Waals surface area (Å²) in [7, 11) is 0. The lowest BCUT2D eigenvalue weighted by Crippen LogP contribution is -2.18. The van der Waals surface area contributed by atoms with Crippen molar-refractivity contribution < 1.29 is 18.4 Å². The maximum atomic E-state index is 13.8. The number of fused-ring (bicyclic) bond motifs is 1. The van der Waals surface area contributed by atoms with Gasteiger partial charge >= 0.3 is 0 Å². The summed E-state index contributed by atoms with van der Waals surface area (Å²) in [5.41, 5.74) is 8.22. The zero-order valence-corrected chi connectivity index (χ0v) is 23.4. The van der Waals surface area contributed by atoms with Gasteiger partial charge in [0.1, 0.15) is 22.1 Å². The molecule has 2 amide bonds. The van der Waals surface area contributed by atoms with E-state index < -0.39 is 23.9 Å². The largest absolute Gasteiger partial charge is 0.365 e. The van der Waals surface area contributed by atoms with Crippen LogP contribution >= 0.6 is 22.9 Å². The van der Waals surface area contributed by atoms with Crippen LogP contribution in [0.3, 0.4) is 0 Å². The fourth-order valence-electron chi connectivity index (χ4n) is 4.37. The number of halogens is 3. The second-order valence-electron chi connectivity index (χ2n) is 9.05. The van der Waals surface area contributed by atoms with E-state index in [1.165, 1.54) is 16.8 Å². The number of aromatic nitrogens is 7. The maximum absolute atomic E-state index is 13.8. The van der Waals surface area contributed by atoms with E-state index in [-0.39, 0.29) is 27.8 Å². The predicted octanol–water partition coefficient (Wildman–Crippen LogP) is 4.95. The van der Waals surface area contributed by atoms with Crippen LogP contribution in [0.4, 0.5) is 14.5 Å². The number of carbonyl (C=O) groups excluding carboxylic acids is 2. The third-order valence-electron chi connectivity index (χ3n) is 6.37. The molecule has 0 atom stereocenters. The van der Waals surface area contributed by atoms with Crippen LogP contribution in [-0.4, -0.2) is 46.1 Å². The number of amides is 2. The third-order valence-corrected chi connectivity index (χ3v) is 8.02. The highest BCUT2D eigenvalue weighted by Crippen LogP contribution is 2.43. The quantitative estimate of drug-likeness (QED) is 0.263. The van der Waals surface area contributed by atoms with Crippen molar-refractivity contribution in [3.8, 4) is 11.1 Å². The minimum atomic E-state index is -2.86. The van der Waals surface area contributed by atoms with Gasteiger partial charge in [-0.15, -0.1) is 11.3 Å². The third kappa shape index (κ3) is 4.84. The summed E-state index contributed by atoms with van der Waals surface area (Å²) in [6.45, 7) is 8.03. The highest BCUT2D eigenvalue weighted by atomic mass is 35.5. The molecule has 0 aromatic carbocycles. The van der Waals surface area contributed by atoms with Crippen LogP contribution in [0, 0.1) is 20.8 Å². The molecule has 15 heteroatoms. The van der Waals surface area contributed by atoms with Gasteiger partial charge in [-0.05, 0) is 45.4 Å². The molecule has 3 N–H and O–H groups in total. The van der Waals surface area contributed by atoms with E-state index in [1.807, 2.05) is 13.8 Å². The van der Waals surface area contributed by atoms with Gasteiger partial charge in [0.2, 0.25) is 0 Å². The molecular formula is C25H24ClF2N9O2S. The monoisotopic (exact) mass is 587 g/mol. The molecular weight excluding hydrogens is 564 g/mol. The van der Waals surface area contributed by atoms with Gasteiger partial charge in [0, 0.05) is 29.9 Å². The van der Waals surface area contributed by atoms with Gasteiger partial charge in [-0.25, -0.2) is 18.4 Å². The molecule has 0 unspecified atom stereocenters. The fraction of sp³-hybridized carbons (Fsp3) is 0.280. The van der Waals surface area contributed by atoms with E-state index in [1.54, 1.807) is 35.6 Å². The number of anilines is 1. The number of nitrogens with one attached hydrogen (secondary N) is 1. The Morgan fingerprint density at radius 3 is 2.48 bits per heavy atom. The van der Waals surface area contributed by atoms with Crippen LogP contribution < -0.4 is 11.1 Å². The zero-order valence-electron chi connectivity index (χ0n) is 21.9. The number of nitrogens with zero attached hydrogens (tertiary/aromatic N) is 7. The van der Waals surface area contributed by atoms with Crippen molar-refractivity contribution in [1.29, 1.82) is 0 Å². The lowest BCUT2D eigenvalue weighted by atomic mass is 10.0. The Kier molecular flexibility index (Phi) is 7.14. The minimum absolute atomic E-state index is 0.0271. The first kappa shape index (κ1) is 27.4. The predicted molar refractivity (Wildman–Crippen MR) is 147 cm³/mol. The van der Waals surface area contributed by atoms with Gasteiger partial charge in [-0.3, -0.25) is 19.0 Å². The summed E-state index contributed by atoms with van der Waals surface area (Å²) in [5.74, 6) is -1.46. The number of carbonyl (C=O) groups is 2. The van der Waals surface area contributed by atoms with Gasteiger partial charge in [-0.2, -0.15) is 15.3 Å². The average molecular weight is 588 g/mol. The van der Waals surface area contributed by atoms with Crippen LogP contribution in [0.15, 0.2) is 24.5 Å². The maximum Gasteiger partial charge on any atom is 0.280 e. The summed E-state index contributed by atoms with van der Waals surface area (Å²) < 4.78 is 32.4. The van der Waals surface area contributed by atoms with E-state index in [9.17, 15) is 18.4 Å². The molecule has 5 rings (SSSR count). The van der Waals surface area contributed by atoms with Crippen molar-refractivity contribution in [2.24, 2.45) is 5.73 Å². The molecule has 208 valence electrons. The molecule has 11 nitrogen and oxygen atoms in total. The van der Waals surface area contributed by atoms with Crippen molar-refractivity contribution in [2.75, 3.05) is 5.32 Å². The first-order valence-corrected chi connectivity index (χ1v) is 13.3. The lowest BCUT2D eigenvalue weighted by molar-refractivity contribution is 0.100. The van der Waals surface area contributed by atoms with Crippen LogP contribution in [0.1, 0.15) is 56.3 Å². The topological polar surface area (TPSA) is 139 Å². The molecule has 0 aliphatic heterocycles. The van der Waals surface area contributed by atoms with Crippen molar-refractivity contribution in [2.45, 2.75) is 47.3 Å². The molecule has 5 aromatic rings. The number of hydrogen-bond donors (Lipinski definition) is 2. The van der Waals surface area contributed by atoms with Gasteiger partial charge in [-0.1, -0.05) is 11.6 Å². The van der Waals surface area contributed by atoms with E-state index in [0.29, 0.717) is 39.5 Å². The smallest absolute Gasteiger partial charge is 0.280 e. The molecule has 0 saturated heterocycles. The Balaban J connectivity index is 1.57. The van der Waals surface area contributed by atoms with Gasteiger partial charge < -0.3 is 11.1 Å². The van der Waals surface area contributed by atoms with E-state index in [0.717, 1.165) is 17.0 Å². The summed E-state index contributed by atoms with van der Waals surface area (Å²) in [6.07, 6.45) is 0.465. The van der Waals surface area contributed by atoms with Crippen LogP contribution in [0.2, 0.25) is 5.02 Å². The molecule has 0 saturated carbocycles. The van der Waals surface area contributed by atoms with Gasteiger partial charge in [0.05, 0.1) is 27.8 Å². The standard InChI is InChI=1S/C25H24ClF2N9O2S/c1-5-35-9-15(11(2)32-35)14-8-17(22(27)28)30-25-18(14)20(21(40-25)23(29)38)31-24(39)16-6-7-36(34-16)10-37-13(4)19(26)12(3)33-37/h6-9,22H,5,10H2,1-4H3,(H2,29,38)(H,31,39). The lowest BCUT2D eigenvalue weighted by Gasteiger charge is -2.10. The number of alkyl halides is 2. The van der Waals surface area contributed by atoms with Crippen LogP contribution in [0.5, 0.6) is 0 Å². The number of aryl methyl sites for hydroxylation is 3. The average Bonchev–Trinajstić information content (AvgIpc) is 3.67. The Bertz CT molecular complexity index is 1790. The highest BCUT2D eigenvalue weighted by molar-refractivity contribution is 7.21. The molecule has 0 aliphatic rings. The Hall–Kier alpha value is -4.17. The second kappa shape index (κ2) is 10.4. The highest BCUT2D eigenvalue weighted by Gasteiger charge is 2.27. The van der Waals surface area contributed by atoms with Crippen molar-refractivity contribution in [3.63, 3.8) is 0 Å². The Morgan fingerprint density at radius 2 is 1.88 bits per heavy atom. The fourth-order valence-corrected chi connectivity index (χ4v) is 5.52. The number of nitrogens with two attached hydrogens (primary N) is 1. The van der Waals surface area contributed by atoms with E-state index in [2.05, 4.69) is 25.6 Å². The first-order chi connectivity index (χ1) is 19.0. The van der Waals surface area contributed by atoms with E-state index >= 15 is 0 Å². The van der Waals surface area contributed by atoms with Crippen LogP contribution in [0.25, 0.3) is 21.3 Å². The van der Waals surface area contributed by atoms with Crippen molar-refractivity contribution in [1.82, 2.24) is 34.3 Å². The van der Waals surface area contributed by atoms with E-state index in [4.69, 9.17) is 17.3 Å². The summed E-state index contributed by atoms with van der Waals surface area (Å²) >= 11 is 7.05. The molecule has 5 heterocycles. The molecule has 0 spiro atoms. The normalized spacial score (nSPS) is 11.6. The molecule has 0 bridgehead atoms. The van der Waals surface area contributed by atoms with Gasteiger partial charge in [0.25, 0.3) is 18.2 Å². The molecule has 0 fully saturated rings. The van der Waals surface area contributed by atoms with Crippen molar-refractivity contribution in [3.05, 3.63) is 62.9 Å². The van der Waals surface area contributed by atoms with Gasteiger partial charge in [0.15, 0.2) is 5.69 Å². The summed E-state index contributed by atoms with van der Waals surface area (Å²) in [4.78, 5) is 29.9. The SMILES string of the molecule is CCn1cc(-c2cc(C(F)F)nc3sc(C(N)=O)c(NC(=O)c4ccn(Cn5nc(C)c(Cl)c5C)n4)c23)c(C)n1. The molecule has 5 aromatic heterocycles. The first-order valence-electron chi connectivity index (χ1n) is 12.1. The number of primary amides is 1. The summed E-state index contributed by atoms with van der Waals surface area (Å²) in [5, 5.41) is 16.7. The number of thiophene rings is 1. The zero-order chi connectivity index (χ0) is 28.9. The Morgan fingerprint density at radius 1 is 1.12 bits per heavy atom. The second-order valence-corrected chi connectivity index (χ2v) is 10.4. The minimum Gasteiger partial charge on any atom is -0.365 e. The number of pyridine rings is 1. The molecule has 40 heavy (non-hydrogen) atoms. The van der Waals surface area contributed by atoms with Crippen molar-refractivity contribution >= 4 is 50.7 Å². The number of rotatable bonds is 8. The molecule has 0 radical (unpaired) electrons. The number of hydrogen-bond acceptors (Lipinski definition) is 7. The van der Waals surface area contributed by atoms with Crippen LogP contribution in [-0.2, 0) is 13.2 Å². The summed E-state index contributed by atoms with van der Waals surface area (Å²) in [6, 6.07) is 2.75.